The van der Waals surface area contributed by atoms with Gasteiger partial charge in [0, 0.05) is 6.54 Å². The fourth-order valence-electron chi connectivity index (χ4n) is 0.165. The van der Waals surface area contributed by atoms with E-state index in [9.17, 15) is 0 Å². The lowest BCUT2D eigenvalue weighted by atomic mass is 10.8. The molecule has 0 unspecified atom stereocenters. The number of rotatable bonds is 2. The smallest absolute Gasteiger partial charge is 0.183 e. The summed E-state index contributed by atoms with van der Waals surface area (Å²) in [7, 11) is 1.82. The summed E-state index contributed by atoms with van der Waals surface area (Å²) in [6.45, 7) is 2.77. The molecule has 0 aliphatic rings. The summed E-state index contributed by atoms with van der Waals surface area (Å²) in [5.74, 6) is 0. The predicted octanol–water partition coefficient (Wildman–Crippen LogP) is 2.64. The minimum Gasteiger partial charge on any atom is -0.255 e. The Morgan fingerprint density at radius 2 is 2.00 bits per heavy atom. The highest BCUT2D eigenvalue weighted by Crippen LogP contribution is 2.58. The quantitative estimate of drug-likeness (QED) is 0.618. The summed E-state index contributed by atoms with van der Waals surface area (Å²) in [5.41, 5.74) is 0. The van der Waals surface area contributed by atoms with Crippen LogP contribution >= 0.6 is 27.4 Å². The maximum atomic E-state index is 5.60. The molecule has 0 atom stereocenters. The van der Waals surface area contributed by atoms with Crippen LogP contribution < -0.4 is 0 Å². The first-order valence-electron chi connectivity index (χ1n) is 2.19. The fourth-order valence-corrected chi connectivity index (χ4v) is 1.48. The molecule has 0 bridgehead atoms. The lowest BCUT2D eigenvalue weighted by Crippen LogP contribution is -2.07. The van der Waals surface area contributed by atoms with Crippen LogP contribution in [0.5, 0.6) is 0 Å². The molecule has 0 aromatic carbocycles. The fraction of sp³-hybridized carbons (Fsp3) is 1.00. The first-order valence-corrected chi connectivity index (χ1v) is 6.76. The van der Waals surface area contributed by atoms with Crippen LogP contribution in [0.1, 0.15) is 6.92 Å². The van der Waals surface area contributed by atoms with Gasteiger partial charge < -0.3 is 0 Å². The molecule has 0 fully saturated rings. The summed E-state index contributed by atoms with van der Waals surface area (Å²) in [6.07, 6.45) is 0. The Kier molecular flexibility index (Phi) is 3.88. The van der Waals surface area contributed by atoms with Crippen LogP contribution in [0.4, 0.5) is 0 Å². The Morgan fingerprint density at radius 1 is 1.62 bits per heavy atom. The average Bonchev–Trinajstić information content (AvgIpc) is 1.62. The van der Waals surface area contributed by atoms with Gasteiger partial charge in [0.2, 0.25) is 0 Å². The van der Waals surface area contributed by atoms with Gasteiger partial charge in [0.1, 0.15) is 0 Å². The lowest BCUT2D eigenvalue weighted by Gasteiger charge is -2.16. The van der Waals surface area contributed by atoms with E-state index in [1.165, 1.54) is 0 Å². The van der Waals surface area contributed by atoms with Gasteiger partial charge in [-0.1, -0.05) is 29.4 Å². The third-order valence-corrected chi connectivity index (χ3v) is 4.32. The van der Waals surface area contributed by atoms with E-state index in [2.05, 4.69) is 0 Å². The molecule has 0 N–H and O–H groups in total. The molecular formula is C3H8Cl2NPS. The Bertz CT molecular complexity index is 112. The van der Waals surface area contributed by atoms with E-state index in [-0.39, 0.29) is 0 Å². The van der Waals surface area contributed by atoms with Crippen LogP contribution in [-0.2, 0) is 11.8 Å². The molecule has 0 amide bonds. The third kappa shape index (κ3) is 3.26. The highest BCUT2D eigenvalue weighted by molar-refractivity contribution is 8.37. The maximum Gasteiger partial charge on any atom is 0.183 e. The predicted molar refractivity (Wildman–Crippen MR) is 44.3 cm³/mol. The molecule has 50 valence electrons. The second-order valence-corrected chi connectivity index (χ2v) is 9.20. The Labute approximate surface area is 64.6 Å². The van der Waals surface area contributed by atoms with Crippen molar-refractivity contribution in [1.82, 2.24) is 4.67 Å². The topological polar surface area (TPSA) is 3.24 Å². The minimum absolute atomic E-state index is 0.810. The lowest BCUT2D eigenvalue weighted by molar-refractivity contribution is 0.595. The second-order valence-electron chi connectivity index (χ2n) is 1.41. The molecule has 0 saturated carbocycles. The molecule has 0 aliphatic carbocycles. The van der Waals surface area contributed by atoms with Crippen molar-refractivity contribution in [2.45, 2.75) is 6.92 Å². The van der Waals surface area contributed by atoms with E-state index in [1.807, 2.05) is 14.0 Å². The molecule has 0 aliphatic heterocycles. The zero-order chi connectivity index (χ0) is 6.78. The van der Waals surface area contributed by atoms with Gasteiger partial charge in [-0.3, -0.25) is 4.67 Å². The molecule has 0 rings (SSSR count). The first-order chi connectivity index (χ1) is 3.48. The molecule has 0 aromatic rings. The van der Waals surface area contributed by atoms with Gasteiger partial charge in [-0.15, -0.1) is 0 Å². The van der Waals surface area contributed by atoms with Crippen LogP contribution in [-0.4, -0.2) is 18.3 Å². The second kappa shape index (κ2) is 3.38. The minimum atomic E-state index is -2.15. The number of hydrogen-bond donors (Lipinski definition) is 0. The van der Waals surface area contributed by atoms with E-state index >= 15 is 0 Å². The van der Waals surface area contributed by atoms with Crippen molar-refractivity contribution >= 4 is 39.2 Å². The van der Waals surface area contributed by atoms with Gasteiger partial charge in [-0.25, -0.2) is 0 Å². The van der Waals surface area contributed by atoms with Gasteiger partial charge in [-0.2, -0.15) is 0 Å². The van der Waals surface area contributed by atoms with Crippen molar-refractivity contribution in [3.63, 3.8) is 0 Å². The molecule has 8 heavy (non-hydrogen) atoms. The van der Waals surface area contributed by atoms with Crippen LogP contribution in [0, 0.1) is 0 Å². The molecule has 0 heterocycles. The third-order valence-electron chi connectivity index (χ3n) is 0.855. The van der Waals surface area contributed by atoms with Crippen molar-refractivity contribution in [2.75, 3.05) is 13.6 Å². The first kappa shape index (κ1) is 9.19. The summed E-state index contributed by atoms with van der Waals surface area (Å²) in [5, 5.41) is 0. The summed E-state index contributed by atoms with van der Waals surface area (Å²) in [4.78, 5) is -2.15. The molecule has 0 spiro atoms. The van der Waals surface area contributed by atoms with E-state index in [4.69, 9.17) is 34.3 Å². The molecule has 5 heteroatoms. The highest BCUT2D eigenvalue weighted by atomic mass is 35.9. The van der Waals surface area contributed by atoms with Crippen LogP contribution in [0.2, 0.25) is 0 Å². The summed E-state index contributed by atoms with van der Waals surface area (Å²) >= 11 is 16.0. The van der Waals surface area contributed by atoms with Crippen molar-refractivity contribution in [2.24, 2.45) is 0 Å². The van der Waals surface area contributed by atoms with Gasteiger partial charge in [0.15, 0.2) is 4.89 Å². The van der Waals surface area contributed by atoms with E-state index in [0.717, 1.165) is 6.54 Å². The van der Waals surface area contributed by atoms with Crippen molar-refractivity contribution < 1.29 is 0 Å². The summed E-state index contributed by atoms with van der Waals surface area (Å²) in [6, 6.07) is 0. The zero-order valence-electron chi connectivity index (χ0n) is 4.77. The maximum absolute atomic E-state index is 5.60. The van der Waals surface area contributed by atoms with Crippen molar-refractivity contribution in [3.8, 4) is 0 Å². The standard InChI is InChI=1S/C3H8Cl2NPS/c1-3-6(2)7(4,5)8/h3H2,1-2H3. The van der Waals surface area contributed by atoms with Gasteiger partial charge in [-0.05, 0) is 18.9 Å². The van der Waals surface area contributed by atoms with Crippen molar-refractivity contribution in [3.05, 3.63) is 0 Å². The Hall–Kier alpha value is 1.19. The monoisotopic (exact) mass is 191 g/mol. The Balaban J connectivity index is 3.82. The highest BCUT2D eigenvalue weighted by Gasteiger charge is 2.12. The van der Waals surface area contributed by atoms with E-state index < -0.39 is 4.89 Å². The van der Waals surface area contributed by atoms with Gasteiger partial charge in [0.25, 0.3) is 0 Å². The molecule has 0 radical (unpaired) electrons. The number of nitrogens with zero attached hydrogens (tertiary/aromatic N) is 1. The van der Waals surface area contributed by atoms with Crippen molar-refractivity contribution in [1.29, 1.82) is 0 Å². The Morgan fingerprint density at radius 3 is 2.00 bits per heavy atom. The number of halogens is 2. The van der Waals surface area contributed by atoms with Gasteiger partial charge in [0.05, 0.1) is 0 Å². The zero-order valence-corrected chi connectivity index (χ0v) is 7.99. The van der Waals surface area contributed by atoms with Crippen LogP contribution in [0.25, 0.3) is 0 Å². The van der Waals surface area contributed by atoms with E-state index in [0.29, 0.717) is 0 Å². The largest absolute Gasteiger partial charge is 0.255 e. The summed E-state index contributed by atoms with van der Waals surface area (Å²) < 4.78 is 1.77. The average molecular weight is 192 g/mol. The number of hydrogen-bond acceptors (Lipinski definition) is 1. The SMILES string of the molecule is CCN(C)P(=S)(Cl)Cl. The molecule has 1 nitrogen and oxygen atoms in total. The van der Waals surface area contributed by atoms with Crippen LogP contribution in [0.15, 0.2) is 0 Å². The molecule has 0 saturated heterocycles. The normalized spacial score (nSPS) is 12.6. The molecular weight excluding hydrogens is 184 g/mol. The van der Waals surface area contributed by atoms with Gasteiger partial charge >= 0.3 is 0 Å². The van der Waals surface area contributed by atoms with E-state index in [1.54, 1.807) is 4.67 Å². The van der Waals surface area contributed by atoms with Crippen LogP contribution in [0.3, 0.4) is 0 Å². The molecule has 0 aromatic heterocycles.